The Morgan fingerprint density at radius 2 is 2.18 bits per heavy atom. The third-order valence-corrected chi connectivity index (χ3v) is 4.89. The van der Waals surface area contributed by atoms with Gasteiger partial charge in [0, 0.05) is 29.7 Å². The van der Waals surface area contributed by atoms with Crippen molar-refractivity contribution in [1.82, 2.24) is 0 Å². The molecule has 0 aliphatic heterocycles. The maximum absolute atomic E-state index is 13.2. The zero-order chi connectivity index (χ0) is 15.9. The Morgan fingerprint density at radius 1 is 1.41 bits per heavy atom. The average molecular weight is 298 g/mol. The first-order valence-electron chi connectivity index (χ1n) is 7.54. The summed E-state index contributed by atoms with van der Waals surface area (Å²) in [4.78, 5) is 16.8. The molecule has 1 saturated carbocycles. The molecule has 1 aromatic carbocycles. The normalized spacial score (nSPS) is 29.4. The summed E-state index contributed by atoms with van der Waals surface area (Å²) >= 11 is 0. The summed E-state index contributed by atoms with van der Waals surface area (Å²) in [6, 6.07) is 4.51. The summed E-state index contributed by atoms with van der Waals surface area (Å²) in [6.07, 6.45) is 5.31. The number of allylic oxidation sites excluding steroid dienone is 2. The number of carbonyl (C=O) groups excluding carboxylic acids is 1. The maximum atomic E-state index is 13.2. The van der Waals surface area contributed by atoms with E-state index in [1.165, 1.54) is 18.3 Å². The number of hydrogen-bond donors (Lipinski definition) is 1. The van der Waals surface area contributed by atoms with Crippen molar-refractivity contribution in [3.05, 3.63) is 41.2 Å². The first-order chi connectivity index (χ1) is 10.4. The Bertz CT molecular complexity index is 720. The van der Waals surface area contributed by atoms with E-state index in [2.05, 4.69) is 4.99 Å². The van der Waals surface area contributed by atoms with Gasteiger partial charge < -0.3 is 5.41 Å². The Hall–Kier alpha value is -2.10. The lowest BCUT2D eigenvalue weighted by Crippen LogP contribution is -2.34. The third-order valence-electron chi connectivity index (χ3n) is 4.89. The van der Waals surface area contributed by atoms with Crippen molar-refractivity contribution in [3.63, 3.8) is 0 Å². The molecule has 3 nitrogen and oxygen atoms in total. The molecule has 3 rings (SSSR count). The summed E-state index contributed by atoms with van der Waals surface area (Å²) in [6.45, 7) is 3.80. The van der Waals surface area contributed by atoms with Crippen LogP contribution < -0.4 is 0 Å². The number of nitrogens with zero attached hydrogens (tertiary/aromatic N) is 1. The van der Waals surface area contributed by atoms with Gasteiger partial charge in [0.2, 0.25) is 0 Å². The number of aryl methyl sites for hydroxylation is 1. The first kappa shape index (κ1) is 14.8. The molecular weight excluding hydrogens is 279 g/mol. The van der Waals surface area contributed by atoms with E-state index in [0.717, 1.165) is 23.3 Å². The molecule has 0 amide bonds. The molecule has 0 spiro atoms. The number of nitrogens with one attached hydrogen (secondary N) is 1. The van der Waals surface area contributed by atoms with Crippen LogP contribution in [0.3, 0.4) is 0 Å². The van der Waals surface area contributed by atoms with Gasteiger partial charge in [-0.05, 0) is 56.5 Å². The standard InChI is InChI=1S/C18H19FN2O/c1-11-7-14(19)4-5-15(11)21-16-8-13-3-6-17(22)18(13,2)9-12(16)10-20/h4-5,7-8,10,12,20H,3,6,9H2,1-2H3. The average Bonchev–Trinajstić information content (AvgIpc) is 2.77. The summed E-state index contributed by atoms with van der Waals surface area (Å²) in [5.41, 5.74) is 2.97. The minimum Gasteiger partial charge on any atom is -0.312 e. The largest absolute Gasteiger partial charge is 0.312 e. The first-order valence-corrected chi connectivity index (χ1v) is 7.54. The Labute approximate surface area is 129 Å². The number of rotatable bonds is 2. The van der Waals surface area contributed by atoms with Gasteiger partial charge in [-0.1, -0.05) is 5.57 Å². The zero-order valence-corrected chi connectivity index (χ0v) is 12.8. The monoisotopic (exact) mass is 298 g/mol. The summed E-state index contributed by atoms with van der Waals surface area (Å²) in [5.74, 6) is -0.177. The number of hydrogen-bond acceptors (Lipinski definition) is 3. The SMILES string of the molecule is Cc1cc(F)ccc1N=C1C=C2CCC(=O)C2(C)CC1C=N. The molecule has 0 radical (unpaired) electrons. The van der Waals surface area contributed by atoms with Crippen LogP contribution in [0.1, 0.15) is 31.7 Å². The topological polar surface area (TPSA) is 53.3 Å². The van der Waals surface area contributed by atoms with Crippen LogP contribution in [0.5, 0.6) is 0 Å². The van der Waals surface area contributed by atoms with Crippen LogP contribution in [0.2, 0.25) is 0 Å². The fraction of sp³-hybridized carbons (Fsp3) is 0.389. The maximum Gasteiger partial charge on any atom is 0.143 e. The Morgan fingerprint density at radius 3 is 2.86 bits per heavy atom. The van der Waals surface area contributed by atoms with E-state index in [-0.39, 0.29) is 17.5 Å². The lowest BCUT2D eigenvalue weighted by molar-refractivity contribution is -0.124. The molecule has 0 aromatic heterocycles. The second-order valence-electron chi connectivity index (χ2n) is 6.37. The lowest BCUT2D eigenvalue weighted by Gasteiger charge is -2.32. The van der Waals surface area contributed by atoms with E-state index in [4.69, 9.17) is 5.41 Å². The van der Waals surface area contributed by atoms with Gasteiger partial charge in [-0.25, -0.2) is 4.39 Å². The highest BCUT2D eigenvalue weighted by molar-refractivity contribution is 6.10. The van der Waals surface area contributed by atoms with E-state index < -0.39 is 5.41 Å². The predicted molar refractivity (Wildman–Crippen MR) is 85.6 cm³/mol. The number of benzene rings is 1. The number of halogens is 1. The molecule has 2 aliphatic rings. The van der Waals surface area contributed by atoms with Gasteiger partial charge in [0.15, 0.2) is 0 Å². The minimum atomic E-state index is -0.431. The zero-order valence-electron chi connectivity index (χ0n) is 12.8. The number of fused-ring (bicyclic) bond motifs is 1. The second kappa shape index (κ2) is 5.27. The van der Waals surface area contributed by atoms with Gasteiger partial charge in [0.1, 0.15) is 11.6 Å². The van der Waals surface area contributed by atoms with Gasteiger partial charge in [0.05, 0.1) is 5.69 Å². The van der Waals surface area contributed by atoms with Gasteiger partial charge in [-0.15, -0.1) is 0 Å². The molecule has 2 atom stereocenters. The predicted octanol–water partition coefficient (Wildman–Crippen LogP) is 4.17. The smallest absolute Gasteiger partial charge is 0.143 e. The second-order valence-corrected chi connectivity index (χ2v) is 6.37. The van der Waals surface area contributed by atoms with Gasteiger partial charge in [-0.3, -0.25) is 9.79 Å². The van der Waals surface area contributed by atoms with Crippen molar-refractivity contribution in [3.8, 4) is 0 Å². The van der Waals surface area contributed by atoms with Crippen LogP contribution in [0, 0.1) is 29.5 Å². The highest BCUT2D eigenvalue weighted by atomic mass is 19.1. The molecule has 0 saturated heterocycles. The summed E-state index contributed by atoms with van der Waals surface area (Å²) in [5, 5.41) is 7.68. The van der Waals surface area contributed by atoms with Gasteiger partial charge in [-0.2, -0.15) is 0 Å². The fourth-order valence-electron chi connectivity index (χ4n) is 3.43. The number of ketones is 1. The van der Waals surface area contributed by atoms with Gasteiger partial charge >= 0.3 is 0 Å². The summed E-state index contributed by atoms with van der Waals surface area (Å²) < 4.78 is 13.2. The highest BCUT2D eigenvalue weighted by Gasteiger charge is 2.46. The van der Waals surface area contributed by atoms with Crippen LogP contribution in [-0.4, -0.2) is 17.7 Å². The van der Waals surface area contributed by atoms with E-state index in [1.807, 2.05) is 19.9 Å². The molecule has 22 heavy (non-hydrogen) atoms. The number of carbonyl (C=O) groups is 1. The molecule has 0 heterocycles. The molecule has 1 fully saturated rings. The van der Waals surface area contributed by atoms with Crippen molar-refractivity contribution in [1.29, 1.82) is 5.41 Å². The van der Waals surface area contributed by atoms with Crippen LogP contribution in [0.4, 0.5) is 10.1 Å². The molecule has 2 aliphatic carbocycles. The lowest BCUT2D eigenvalue weighted by atomic mass is 9.70. The van der Waals surface area contributed by atoms with E-state index in [9.17, 15) is 9.18 Å². The van der Waals surface area contributed by atoms with E-state index in [0.29, 0.717) is 18.5 Å². The van der Waals surface area contributed by atoms with Crippen molar-refractivity contribution in [2.24, 2.45) is 16.3 Å². The minimum absolute atomic E-state index is 0.166. The molecule has 1 aromatic rings. The third kappa shape index (κ3) is 2.32. The number of Topliss-reactive ketones (excluding diaryl/α,β-unsaturated/α-hetero) is 1. The Balaban J connectivity index is 2.06. The molecule has 114 valence electrons. The quantitative estimate of drug-likeness (QED) is 0.818. The van der Waals surface area contributed by atoms with E-state index in [1.54, 1.807) is 6.07 Å². The van der Waals surface area contributed by atoms with Crippen LogP contribution in [0.15, 0.2) is 34.8 Å². The highest BCUT2D eigenvalue weighted by Crippen LogP contribution is 2.47. The molecule has 2 unspecified atom stereocenters. The van der Waals surface area contributed by atoms with Crippen LogP contribution in [0.25, 0.3) is 0 Å². The molecule has 4 heteroatoms. The van der Waals surface area contributed by atoms with Crippen molar-refractivity contribution in [2.45, 2.75) is 33.1 Å². The molecular formula is C18H19FN2O. The Kier molecular flexibility index (Phi) is 3.55. The molecule has 1 N–H and O–H groups in total. The molecule has 0 bridgehead atoms. The van der Waals surface area contributed by atoms with Crippen molar-refractivity contribution < 1.29 is 9.18 Å². The number of aliphatic imine (C=N–C) groups is 1. The summed E-state index contributed by atoms with van der Waals surface area (Å²) in [7, 11) is 0. The van der Waals surface area contributed by atoms with E-state index >= 15 is 0 Å². The van der Waals surface area contributed by atoms with Gasteiger partial charge in [0.25, 0.3) is 0 Å². The van der Waals surface area contributed by atoms with Crippen molar-refractivity contribution >= 4 is 23.4 Å². The fourth-order valence-corrected chi connectivity index (χ4v) is 3.43. The van der Waals surface area contributed by atoms with Crippen molar-refractivity contribution in [2.75, 3.05) is 0 Å². The van der Waals surface area contributed by atoms with Crippen LogP contribution >= 0.6 is 0 Å². The van der Waals surface area contributed by atoms with Crippen LogP contribution in [-0.2, 0) is 4.79 Å².